The van der Waals surface area contributed by atoms with Crippen molar-refractivity contribution in [2.75, 3.05) is 4.90 Å². The molecule has 0 unspecified atom stereocenters. The zero-order valence-electron chi connectivity index (χ0n) is 44.4. The maximum atomic E-state index is 6.93. The first-order chi connectivity index (χ1) is 37.4. The van der Waals surface area contributed by atoms with Gasteiger partial charge in [-0.1, -0.05) is 217 Å². The van der Waals surface area contributed by atoms with Crippen molar-refractivity contribution in [1.82, 2.24) is 0 Å². The molecule has 0 atom stereocenters. The molecule has 12 aromatic rings. The number of anilines is 3. The van der Waals surface area contributed by atoms with E-state index in [4.69, 9.17) is 4.74 Å². The SMILES string of the molecule is CC1(C)c2cc(-c3ccc4ccccc4c3)ccc2-c2ccc(N(c3ccc4c(c3)C(C)(C)c3cc(-c5ccc6ccccc6c5)ccc3-4)c3ccc(-c4cccc5c4Oc4ccccc4C5(C)C)c4ccccc34)cc21. The Labute approximate surface area is 451 Å². The van der Waals surface area contributed by atoms with E-state index in [2.05, 4.69) is 283 Å². The predicted molar refractivity (Wildman–Crippen MR) is 324 cm³/mol. The number of nitrogens with zero attached hydrogens (tertiary/aromatic N) is 1. The number of rotatable bonds is 6. The van der Waals surface area contributed by atoms with Crippen molar-refractivity contribution < 1.29 is 4.74 Å². The van der Waals surface area contributed by atoms with Crippen molar-refractivity contribution in [3.8, 4) is 67.1 Å². The summed E-state index contributed by atoms with van der Waals surface area (Å²) in [7, 11) is 0. The Balaban J connectivity index is 0.885. The average Bonchev–Trinajstić information content (AvgIpc) is 4.03. The molecule has 0 saturated heterocycles. The second-order valence-electron chi connectivity index (χ2n) is 23.3. The minimum atomic E-state index is -0.256. The van der Waals surface area contributed by atoms with Crippen LogP contribution in [-0.4, -0.2) is 0 Å². The molecule has 0 bridgehead atoms. The standard InChI is InChI=1S/C75H57NO/c1-73(2)64-23-13-14-25-71(64)77-72-63(22-15-24-65(72)73)57-38-39-70(62-21-12-11-20-56(57)62)76(54-32-36-60-58-34-30-52(42-66(58)74(3,4)68(60)44-54)50-28-26-46-16-7-9-18-48(46)40-50)55-33-37-61-59-35-31-53(43-67(59)75(5,6)69(61)45-55)51-29-27-47-17-8-10-19-49(47)41-51/h7-45H,1-6H3. The maximum Gasteiger partial charge on any atom is 0.139 e. The zero-order chi connectivity index (χ0) is 52.0. The second kappa shape index (κ2) is 16.5. The monoisotopic (exact) mass is 987 g/mol. The lowest BCUT2D eigenvalue weighted by Crippen LogP contribution is -2.24. The highest BCUT2D eigenvalue weighted by atomic mass is 16.5. The Bertz CT molecular complexity index is 4280. The Kier molecular flexibility index (Phi) is 9.74. The molecule has 12 aromatic carbocycles. The summed E-state index contributed by atoms with van der Waals surface area (Å²) in [5, 5.41) is 7.38. The van der Waals surface area contributed by atoms with Crippen LogP contribution in [0, 0.1) is 0 Å². The van der Waals surface area contributed by atoms with E-state index in [-0.39, 0.29) is 16.2 Å². The highest BCUT2D eigenvalue weighted by Gasteiger charge is 2.40. The van der Waals surface area contributed by atoms with Gasteiger partial charge in [-0.25, -0.2) is 0 Å². The van der Waals surface area contributed by atoms with Gasteiger partial charge in [-0.05, 0) is 160 Å². The van der Waals surface area contributed by atoms with E-state index in [9.17, 15) is 0 Å². The first kappa shape index (κ1) is 45.4. The van der Waals surface area contributed by atoms with Gasteiger partial charge in [0.2, 0.25) is 0 Å². The molecule has 3 aliphatic rings. The second-order valence-corrected chi connectivity index (χ2v) is 23.3. The van der Waals surface area contributed by atoms with Crippen LogP contribution in [-0.2, 0) is 16.2 Å². The van der Waals surface area contributed by atoms with Gasteiger partial charge in [0.25, 0.3) is 0 Å². The Morgan fingerprint density at radius 2 is 0.714 bits per heavy atom. The molecule has 1 heterocycles. The van der Waals surface area contributed by atoms with E-state index in [1.807, 2.05) is 0 Å². The Morgan fingerprint density at radius 1 is 0.286 bits per heavy atom. The van der Waals surface area contributed by atoms with Crippen molar-refractivity contribution in [3.63, 3.8) is 0 Å². The number of hydrogen-bond acceptors (Lipinski definition) is 2. The van der Waals surface area contributed by atoms with E-state index >= 15 is 0 Å². The average molecular weight is 988 g/mol. The summed E-state index contributed by atoms with van der Waals surface area (Å²) in [6.45, 7) is 14.3. The summed E-state index contributed by atoms with van der Waals surface area (Å²) in [5.74, 6) is 1.85. The number of fused-ring (bicyclic) bond motifs is 11. The molecule has 15 rings (SSSR count). The van der Waals surface area contributed by atoms with Crippen LogP contribution in [0.25, 0.3) is 88.0 Å². The summed E-state index contributed by atoms with van der Waals surface area (Å²) in [6.07, 6.45) is 0. The minimum Gasteiger partial charge on any atom is -0.456 e. The fourth-order valence-electron chi connectivity index (χ4n) is 13.6. The van der Waals surface area contributed by atoms with Gasteiger partial charge in [0.05, 0.1) is 5.69 Å². The molecule has 1 aliphatic heterocycles. The van der Waals surface area contributed by atoms with Crippen molar-refractivity contribution in [3.05, 3.63) is 270 Å². The zero-order valence-corrected chi connectivity index (χ0v) is 44.4. The van der Waals surface area contributed by atoms with Crippen molar-refractivity contribution in [1.29, 1.82) is 0 Å². The van der Waals surface area contributed by atoms with Gasteiger partial charge in [-0.2, -0.15) is 0 Å². The molecule has 0 aromatic heterocycles. The van der Waals surface area contributed by atoms with Gasteiger partial charge in [0.15, 0.2) is 0 Å². The summed E-state index contributed by atoms with van der Waals surface area (Å²) >= 11 is 0. The fourth-order valence-corrected chi connectivity index (χ4v) is 13.6. The van der Waals surface area contributed by atoms with Crippen LogP contribution < -0.4 is 9.64 Å². The van der Waals surface area contributed by atoms with Crippen LogP contribution in [0.4, 0.5) is 17.1 Å². The number of hydrogen-bond donors (Lipinski definition) is 0. The molecule has 0 saturated carbocycles. The van der Waals surface area contributed by atoms with E-state index < -0.39 is 0 Å². The lowest BCUT2D eigenvalue weighted by molar-refractivity contribution is 0.419. The maximum absolute atomic E-state index is 6.93. The first-order valence-corrected chi connectivity index (χ1v) is 27.2. The van der Waals surface area contributed by atoms with Crippen molar-refractivity contribution >= 4 is 49.4 Å². The molecule has 0 fully saturated rings. The molecule has 0 radical (unpaired) electrons. The van der Waals surface area contributed by atoms with Gasteiger partial charge >= 0.3 is 0 Å². The fraction of sp³-hybridized carbons (Fsp3) is 0.120. The number of para-hydroxylation sites is 2. The molecule has 0 N–H and O–H groups in total. The summed E-state index contributed by atoms with van der Waals surface area (Å²) in [5.41, 5.74) is 22.8. The minimum absolute atomic E-state index is 0.231. The van der Waals surface area contributed by atoms with Crippen LogP contribution in [0.3, 0.4) is 0 Å². The molecule has 2 heteroatoms. The number of ether oxygens (including phenoxy) is 1. The topological polar surface area (TPSA) is 12.5 Å². The molecule has 0 amide bonds. The normalized spacial score (nSPS) is 14.8. The van der Waals surface area contributed by atoms with Gasteiger partial charge < -0.3 is 9.64 Å². The van der Waals surface area contributed by atoms with E-state index in [1.54, 1.807) is 0 Å². The molecule has 2 nitrogen and oxygen atoms in total. The Hall–Kier alpha value is -8.98. The predicted octanol–water partition coefficient (Wildman–Crippen LogP) is 20.7. The van der Waals surface area contributed by atoms with Crippen LogP contribution in [0.1, 0.15) is 74.9 Å². The smallest absolute Gasteiger partial charge is 0.139 e. The van der Waals surface area contributed by atoms with Crippen LogP contribution in [0.15, 0.2) is 237 Å². The third-order valence-electron chi connectivity index (χ3n) is 17.9. The molecule has 77 heavy (non-hydrogen) atoms. The van der Waals surface area contributed by atoms with Gasteiger partial charge in [0.1, 0.15) is 11.5 Å². The lowest BCUT2D eigenvalue weighted by atomic mass is 9.74. The highest BCUT2D eigenvalue weighted by molar-refractivity contribution is 6.08. The molecule has 368 valence electrons. The van der Waals surface area contributed by atoms with E-state index in [0.717, 1.165) is 39.7 Å². The third-order valence-corrected chi connectivity index (χ3v) is 17.9. The van der Waals surface area contributed by atoms with Crippen molar-refractivity contribution in [2.45, 2.75) is 57.8 Å². The van der Waals surface area contributed by atoms with E-state index in [0.29, 0.717) is 0 Å². The van der Waals surface area contributed by atoms with E-state index in [1.165, 1.54) is 110 Å². The molecular weight excluding hydrogens is 931 g/mol. The quantitative estimate of drug-likeness (QED) is 0.165. The van der Waals surface area contributed by atoms with Crippen molar-refractivity contribution in [2.24, 2.45) is 0 Å². The summed E-state index contributed by atoms with van der Waals surface area (Å²) in [6, 6.07) is 88.5. The van der Waals surface area contributed by atoms with Crippen LogP contribution in [0.5, 0.6) is 11.5 Å². The largest absolute Gasteiger partial charge is 0.456 e. The molecule has 0 spiro atoms. The molecular formula is C75H57NO. The first-order valence-electron chi connectivity index (χ1n) is 27.2. The van der Waals surface area contributed by atoms with Crippen LogP contribution in [0.2, 0.25) is 0 Å². The summed E-state index contributed by atoms with van der Waals surface area (Å²) in [4.78, 5) is 2.53. The lowest BCUT2D eigenvalue weighted by Gasteiger charge is -2.35. The van der Waals surface area contributed by atoms with Crippen LogP contribution >= 0.6 is 0 Å². The molecule has 2 aliphatic carbocycles. The van der Waals surface area contributed by atoms with Gasteiger partial charge in [0, 0.05) is 49.7 Å². The number of benzene rings is 12. The van der Waals surface area contributed by atoms with Gasteiger partial charge in [-0.15, -0.1) is 0 Å². The summed E-state index contributed by atoms with van der Waals surface area (Å²) < 4.78 is 6.93. The highest BCUT2D eigenvalue weighted by Crippen LogP contribution is 2.56. The third kappa shape index (κ3) is 6.81. The van der Waals surface area contributed by atoms with Gasteiger partial charge in [-0.3, -0.25) is 0 Å². The Morgan fingerprint density at radius 3 is 1.30 bits per heavy atom.